The van der Waals surface area contributed by atoms with Crippen molar-refractivity contribution in [2.75, 3.05) is 24.7 Å². The number of sulfone groups is 1. The number of rotatable bonds is 8. The number of thiophene rings is 1. The van der Waals surface area contributed by atoms with Crippen LogP contribution in [-0.2, 0) is 16.3 Å². The van der Waals surface area contributed by atoms with Crippen LogP contribution in [0.5, 0.6) is 0 Å². The van der Waals surface area contributed by atoms with Crippen LogP contribution in [0.3, 0.4) is 0 Å². The Morgan fingerprint density at radius 1 is 1.26 bits per heavy atom. The molecule has 0 saturated heterocycles. The Hall–Kier alpha value is -2.46. The lowest BCUT2D eigenvalue weighted by Crippen LogP contribution is -2.28. The van der Waals surface area contributed by atoms with E-state index in [1.165, 1.54) is 28.3 Å². The number of hydrogen-bond donors (Lipinski definition) is 2. The zero-order chi connectivity index (χ0) is 20.2. The molecule has 0 aliphatic rings. The first-order chi connectivity index (χ1) is 12.6. The molecule has 0 aliphatic carbocycles. The van der Waals surface area contributed by atoms with Gasteiger partial charge in [0.15, 0.2) is 9.84 Å². The van der Waals surface area contributed by atoms with Gasteiger partial charge in [-0.25, -0.2) is 8.42 Å². The molecule has 2 N–H and O–H groups in total. The van der Waals surface area contributed by atoms with Crippen molar-refractivity contribution in [1.29, 1.82) is 0 Å². The Balaban J connectivity index is 1.98. The van der Waals surface area contributed by atoms with E-state index in [1.54, 1.807) is 0 Å². The molecule has 2 rings (SSSR count). The first kappa shape index (κ1) is 20.8. The number of amides is 1. The maximum Gasteiger partial charge on any atom is 0.293 e. The van der Waals surface area contributed by atoms with E-state index in [1.807, 2.05) is 19.9 Å². The van der Waals surface area contributed by atoms with Gasteiger partial charge in [0.2, 0.25) is 0 Å². The molecular formula is C17H21N3O5S2. The quantitative estimate of drug-likeness (QED) is 0.392. The molecule has 146 valence electrons. The highest BCUT2D eigenvalue weighted by Crippen LogP contribution is 2.27. The van der Waals surface area contributed by atoms with Crippen LogP contribution in [0.25, 0.3) is 0 Å². The highest BCUT2D eigenvalue weighted by atomic mass is 32.2. The Morgan fingerprint density at radius 3 is 2.52 bits per heavy atom. The Kier molecular flexibility index (Phi) is 6.55. The van der Waals surface area contributed by atoms with Crippen LogP contribution in [0.2, 0.25) is 0 Å². The van der Waals surface area contributed by atoms with Crippen LogP contribution in [-0.4, -0.2) is 38.6 Å². The number of nitro benzene ring substituents is 1. The first-order valence-corrected chi connectivity index (χ1v) is 10.9. The lowest BCUT2D eigenvalue weighted by molar-refractivity contribution is -0.384. The number of aryl methyl sites for hydroxylation is 2. The fraction of sp³-hybridized carbons (Fsp3) is 0.353. The predicted octanol–water partition coefficient (Wildman–Crippen LogP) is 2.77. The number of nitrogens with zero attached hydrogens (tertiary/aromatic N) is 1. The molecule has 8 nitrogen and oxygen atoms in total. The maximum absolute atomic E-state index is 12.2. The highest BCUT2D eigenvalue weighted by Gasteiger charge is 2.18. The average molecular weight is 412 g/mol. The van der Waals surface area contributed by atoms with Crippen molar-refractivity contribution < 1.29 is 18.1 Å². The van der Waals surface area contributed by atoms with E-state index in [4.69, 9.17) is 0 Å². The molecule has 0 saturated carbocycles. The average Bonchev–Trinajstić information content (AvgIpc) is 2.98. The second-order valence-corrected chi connectivity index (χ2v) is 9.11. The summed E-state index contributed by atoms with van der Waals surface area (Å²) in [5.41, 5.74) is 0.958. The molecule has 0 atom stereocenters. The van der Waals surface area contributed by atoms with Crippen molar-refractivity contribution in [3.63, 3.8) is 0 Å². The first-order valence-electron chi connectivity index (χ1n) is 8.23. The van der Waals surface area contributed by atoms with Gasteiger partial charge >= 0.3 is 0 Å². The summed E-state index contributed by atoms with van der Waals surface area (Å²) in [6.45, 7) is 4.53. The van der Waals surface area contributed by atoms with Crippen LogP contribution in [0, 0.1) is 17.0 Å². The Morgan fingerprint density at radius 2 is 1.96 bits per heavy atom. The lowest BCUT2D eigenvalue weighted by Gasteiger charge is -2.09. The fourth-order valence-corrected chi connectivity index (χ4v) is 4.16. The molecular weight excluding hydrogens is 390 g/mol. The number of carbonyl (C=O) groups excluding carboxylic acids is 1. The minimum Gasteiger partial charge on any atom is -0.378 e. The summed E-state index contributed by atoms with van der Waals surface area (Å²) in [6, 6.07) is 5.54. The van der Waals surface area contributed by atoms with Crippen molar-refractivity contribution in [2.45, 2.75) is 25.2 Å². The van der Waals surface area contributed by atoms with E-state index in [-0.39, 0.29) is 35.3 Å². The molecule has 27 heavy (non-hydrogen) atoms. The molecule has 0 radical (unpaired) electrons. The summed E-state index contributed by atoms with van der Waals surface area (Å²) in [7, 11) is -3.53. The van der Waals surface area contributed by atoms with E-state index < -0.39 is 14.8 Å². The molecule has 1 aromatic carbocycles. The van der Waals surface area contributed by atoms with Gasteiger partial charge in [-0.05, 0) is 37.1 Å². The van der Waals surface area contributed by atoms with Gasteiger partial charge in [-0.1, -0.05) is 6.92 Å². The van der Waals surface area contributed by atoms with Gasteiger partial charge in [-0.2, -0.15) is 0 Å². The van der Waals surface area contributed by atoms with Gasteiger partial charge in [0.1, 0.15) is 5.69 Å². The van der Waals surface area contributed by atoms with Crippen molar-refractivity contribution >= 4 is 38.5 Å². The standard InChI is InChI=1S/C17H21N3O5S2/c1-4-15-11(2)9-16(26-15)17(21)19-8-7-18-13-6-5-12(27(3,24)25)10-14(13)20(22)23/h5-6,9-10,18H,4,7-8H2,1-3H3,(H,19,21). The van der Waals surface area contributed by atoms with Crippen LogP contribution < -0.4 is 10.6 Å². The maximum atomic E-state index is 12.2. The highest BCUT2D eigenvalue weighted by molar-refractivity contribution is 7.90. The van der Waals surface area contributed by atoms with Crippen LogP contribution in [0.15, 0.2) is 29.2 Å². The normalized spacial score (nSPS) is 11.2. The van der Waals surface area contributed by atoms with Crippen LogP contribution >= 0.6 is 11.3 Å². The third kappa shape index (κ3) is 5.27. The largest absolute Gasteiger partial charge is 0.378 e. The third-order valence-electron chi connectivity index (χ3n) is 3.89. The summed E-state index contributed by atoms with van der Waals surface area (Å²) in [5.74, 6) is -0.188. The smallest absolute Gasteiger partial charge is 0.293 e. The predicted molar refractivity (Wildman–Crippen MR) is 105 cm³/mol. The number of anilines is 1. The van der Waals surface area contributed by atoms with E-state index >= 15 is 0 Å². The zero-order valence-electron chi connectivity index (χ0n) is 15.2. The number of carbonyl (C=O) groups is 1. The summed E-state index contributed by atoms with van der Waals surface area (Å²) in [6.07, 6.45) is 1.86. The van der Waals surface area contributed by atoms with Crippen molar-refractivity contribution in [3.8, 4) is 0 Å². The Labute approximate surface area is 161 Å². The molecule has 1 amide bonds. The van der Waals surface area contributed by atoms with Crippen LogP contribution in [0.4, 0.5) is 11.4 Å². The molecule has 0 aliphatic heterocycles. The van der Waals surface area contributed by atoms with E-state index in [0.717, 1.165) is 24.3 Å². The summed E-state index contributed by atoms with van der Waals surface area (Å²) in [5, 5.41) is 16.8. The van der Waals surface area contributed by atoms with Crippen molar-refractivity contribution in [1.82, 2.24) is 5.32 Å². The monoisotopic (exact) mass is 411 g/mol. The lowest BCUT2D eigenvalue weighted by atomic mass is 10.2. The summed E-state index contributed by atoms with van der Waals surface area (Å²) < 4.78 is 23.1. The Bertz CT molecular complexity index is 967. The molecule has 0 fully saturated rings. The molecule has 0 spiro atoms. The molecule has 2 aromatic rings. The second-order valence-electron chi connectivity index (χ2n) is 5.96. The van der Waals surface area contributed by atoms with Crippen molar-refractivity contribution in [3.05, 3.63) is 49.7 Å². The fourth-order valence-electron chi connectivity index (χ4n) is 2.49. The van der Waals surface area contributed by atoms with E-state index in [9.17, 15) is 23.3 Å². The van der Waals surface area contributed by atoms with Crippen molar-refractivity contribution in [2.24, 2.45) is 0 Å². The number of nitro groups is 1. The minimum absolute atomic E-state index is 0.118. The molecule has 10 heteroatoms. The second kappa shape index (κ2) is 8.49. The van der Waals surface area contributed by atoms with Crippen LogP contribution in [0.1, 0.15) is 27.0 Å². The molecule has 1 heterocycles. The van der Waals surface area contributed by atoms with Gasteiger partial charge in [0.25, 0.3) is 11.6 Å². The zero-order valence-corrected chi connectivity index (χ0v) is 16.9. The minimum atomic E-state index is -3.53. The van der Waals surface area contributed by atoms with Gasteiger partial charge in [-0.3, -0.25) is 14.9 Å². The van der Waals surface area contributed by atoms with E-state index in [2.05, 4.69) is 10.6 Å². The summed E-state index contributed by atoms with van der Waals surface area (Å²) in [4.78, 5) is 24.4. The topological polar surface area (TPSA) is 118 Å². The number of benzene rings is 1. The van der Waals surface area contributed by atoms with Gasteiger partial charge in [0, 0.05) is 30.3 Å². The van der Waals surface area contributed by atoms with E-state index in [0.29, 0.717) is 4.88 Å². The SMILES string of the molecule is CCc1sc(C(=O)NCCNc2ccc(S(C)(=O)=O)cc2[N+](=O)[O-])cc1C. The number of hydrogen-bond acceptors (Lipinski definition) is 7. The molecule has 0 unspecified atom stereocenters. The molecule has 1 aromatic heterocycles. The summed E-state index contributed by atoms with van der Waals surface area (Å²) >= 11 is 1.45. The number of nitrogens with one attached hydrogen (secondary N) is 2. The van der Waals surface area contributed by atoms with Gasteiger partial charge in [-0.15, -0.1) is 11.3 Å². The molecule has 0 bridgehead atoms. The third-order valence-corrected chi connectivity index (χ3v) is 6.38. The van der Waals surface area contributed by atoms with Gasteiger partial charge < -0.3 is 10.6 Å². The van der Waals surface area contributed by atoms with Gasteiger partial charge in [0.05, 0.1) is 14.7 Å².